The van der Waals surface area contributed by atoms with Crippen LogP contribution in [0, 0.1) is 0 Å². The highest BCUT2D eigenvalue weighted by atomic mass is 32.1. The van der Waals surface area contributed by atoms with E-state index in [1.165, 1.54) is 101 Å². The maximum Gasteiger partial charge on any atom is 0.0640 e. The Morgan fingerprint density at radius 3 is 1.86 bits per heavy atom. The van der Waals surface area contributed by atoms with E-state index in [1.54, 1.807) is 0 Å². The Morgan fingerprint density at radius 1 is 0.333 bits per heavy atom. The molecule has 1 nitrogen and oxygen atoms in total. The van der Waals surface area contributed by atoms with Gasteiger partial charge >= 0.3 is 0 Å². The molecule has 0 aliphatic rings. The first-order valence-electron chi connectivity index (χ1n) is 17.4. The maximum atomic E-state index is 2.50. The third kappa shape index (κ3) is 4.32. The van der Waals surface area contributed by atoms with Crippen molar-refractivity contribution >= 4 is 84.8 Å². The monoisotopic (exact) mass is 683 g/mol. The van der Waals surface area contributed by atoms with Gasteiger partial charge in [-0.1, -0.05) is 152 Å². The van der Waals surface area contributed by atoms with E-state index in [1.807, 2.05) is 22.7 Å². The van der Waals surface area contributed by atoms with E-state index in [9.17, 15) is 0 Å². The summed E-state index contributed by atoms with van der Waals surface area (Å²) in [5.74, 6) is 0. The average molecular weight is 684 g/mol. The van der Waals surface area contributed by atoms with Gasteiger partial charge in [0.1, 0.15) is 0 Å². The van der Waals surface area contributed by atoms with Crippen LogP contribution in [0.5, 0.6) is 0 Å². The summed E-state index contributed by atoms with van der Waals surface area (Å²) in [5, 5.41) is 7.82. The van der Waals surface area contributed by atoms with Gasteiger partial charge in [-0.15, -0.1) is 22.7 Å². The van der Waals surface area contributed by atoms with Crippen LogP contribution in [0.3, 0.4) is 0 Å². The molecule has 0 aliphatic heterocycles. The van der Waals surface area contributed by atoms with Crippen molar-refractivity contribution in [3.05, 3.63) is 176 Å². The summed E-state index contributed by atoms with van der Waals surface area (Å²) in [6, 6.07) is 64.7. The lowest BCUT2D eigenvalue weighted by atomic mass is 9.94. The van der Waals surface area contributed by atoms with E-state index >= 15 is 0 Å². The van der Waals surface area contributed by atoms with Gasteiger partial charge in [0.25, 0.3) is 0 Å². The van der Waals surface area contributed by atoms with Gasteiger partial charge in [0, 0.05) is 52.0 Å². The second-order valence-corrected chi connectivity index (χ2v) is 15.3. The van der Waals surface area contributed by atoms with Crippen molar-refractivity contribution in [3.8, 4) is 39.1 Å². The topological polar surface area (TPSA) is 4.93 Å². The van der Waals surface area contributed by atoms with Crippen molar-refractivity contribution in [1.29, 1.82) is 0 Å². The van der Waals surface area contributed by atoms with Gasteiger partial charge in [-0.2, -0.15) is 0 Å². The molecule has 8 aromatic carbocycles. The van der Waals surface area contributed by atoms with E-state index in [0.29, 0.717) is 0 Å². The van der Waals surface area contributed by atoms with Crippen LogP contribution in [0.25, 0.3) is 101 Å². The lowest BCUT2D eigenvalue weighted by Gasteiger charge is -2.11. The van der Waals surface area contributed by atoms with Gasteiger partial charge < -0.3 is 4.57 Å². The Labute approximate surface area is 302 Å². The van der Waals surface area contributed by atoms with Crippen LogP contribution in [0.4, 0.5) is 0 Å². The van der Waals surface area contributed by atoms with Crippen LogP contribution >= 0.6 is 22.7 Å². The van der Waals surface area contributed by atoms with Gasteiger partial charge in [0.15, 0.2) is 0 Å². The molecule has 0 bridgehead atoms. The number of nitrogens with zero attached hydrogens (tertiary/aromatic N) is 1. The van der Waals surface area contributed by atoms with Gasteiger partial charge in [-0.05, 0) is 52.1 Å². The Kier molecular flexibility index (Phi) is 6.36. The summed E-state index contributed by atoms with van der Waals surface area (Å²) in [6.07, 6.45) is 0. The Morgan fingerprint density at radius 2 is 1.00 bits per heavy atom. The maximum absolute atomic E-state index is 2.50. The minimum Gasteiger partial charge on any atom is -0.308 e. The standard InChI is InChI=1S/C48H29NS2/c1-3-13-30(14-4-1)32-25-26-35-34-17-7-9-22-41(34)49(43(35)29-32)42-23-12-21-40-45-37(28-27-33(48(45)51-47(40)42)31-15-5-2-6-16-31)39-20-11-19-38-36-18-8-10-24-44(36)50-46(38)39/h1-29H. The molecule has 51 heavy (non-hydrogen) atoms. The molecule has 3 heterocycles. The van der Waals surface area contributed by atoms with Crippen molar-refractivity contribution in [3.63, 3.8) is 0 Å². The molecular weight excluding hydrogens is 655 g/mol. The van der Waals surface area contributed by atoms with Crippen molar-refractivity contribution in [2.45, 2.75) is 0 Å². The number of aromatic nitrogens is 1. The summed E-state index contributed by atoms with van der Waals surface area (Å²) in [5.41, 5.74) is 11.2. The van der Waals surface area contributed by atoms with E-state index < -0.39 is 0 Å². The molecule has 0 spiro atoms. The Balaban J connectivity index is 1.25. The second-order valence-electron chi connectivity index (χ2n) is 13.2. The molecule has 0 saturated carbocycles. The number of hydrogen-bond acceptors (Lipinski definition) is 2. The summed E-state index contributed by atoms with van der Waals surface area (Å²) < 4.78 is 7.80. The highest BCUT2D eigenvalue weighted by Crippen LogP contribution is 2.50. The zero-order valence-electron chi connectivity index (χ0n) is 27.5. The fourth-order valence-electron chi connectivity index (χ4n) is 8.13. The predicted octanol–water partition coefficient (Wildman–Crippen LogP) is 14.5. The molecule has 0 N–H and O–H groups in total. The molecule has 3 aromatic heterocycles. The van der Waals surface area contributed by atoms with Crippen molar-refractivity contribution in [2.75, 3.05) is 0 Å². The first-order valence-corrected chi connectivity index (χ1v) is 19.0. The van der Waals surface area contributed by atoms with Crippen molar-refractivity contribution in [2.24, 2.45) is 0 Å². The number of rotatable bonds is 4. The highest BCUT2D eigenvalue weighted by Gasteiger charge is 2.22. The summed E-state index contributed by atoms with van der Waals surface area (Å²) in [6.45, 7) is 0. The Hall–Kier alpha value is -6.00. The van der Waals surface area contributed by atoms with Crippen LogP contribution in [0.2, 0.25) is 0 Å². The molecule has 3 heteroatoms. The molecule has 0 aliphatic carbocycles. The molecule has 0 fully saturated rings. The highest BCUT2D eigenvalue weighted by molar-refractivity contribution is 7.27. The second kappa shape index (κ2) is 11.3. The first kappa shape index (κ1) is 28.8. The van der Waals surface area contributed by atoms with Crippen molar-refractivity contribution in [1.82, 2.24) is 4.57 Å². The molecule has 0 unspecified atom stereocenters. The first-order chi connectivity index (χ1) is 25.3. The van der Waals surface area contributed by atoms with Gasteiger partial charge in [-0.25, -0.2) is 0 Å². The smallest absolute Gasteiger partial charge is 0.0640 e. The van der Waals surface area contributed by atoms with Crippen LogP contribution in [0.1, 0.15) is 0 Å². The zero-order chi connectivity index (χ0) is 33.5. The molecule has 0 atom stereocenters. The third-order valence-corrected chi connectivity index (χ3v) is 12.9. The van der Waals surface area contributed by atoms with Crippen LogP contribution in [-0.4, -0.2) is 4.57 Å². The van der Waals surface area contributed by atoms with Crippen LogP contribution < -0.4 is 0 Å². The molecular formula is C48H29NS2. The molecule has 0 amide bonds. The largest absolute Gasteiger partial charge is 0.308 e. The lowest BCUT2D eigenvalue weighted by Crippen LogP contribution is -1.94. The fourth-order valence-corrected chi connectivity index (χ4v) is 10.7. The predicted molar refractivity (Wildman–Crippen MR) is 223 cm³/mol. The normalized spacial score (nSPS) is 11.9. The summed E-state index contributed by atoms with van der Waals surface area (Å²) >= 11 is 3.83. The number of hydrogen-bond donors (Lipinski definition) is 0. The SMILES string of the molecule is c1ccc(-c2ccc3c4ccccc4n(-c4cccc5c4sc4c(-c6ccccc6)ccc(-c6cccc7c6sc6ccccc67)c45)c3c2)cc1. The van der Waals surface area contributed by atoms with E-state index in [-0.39, 0.29) is 0 Å². The molecule has 11 aromatic rings. The molecule has 238 valence electrons. The third-order valence-electron chi connectivity index (χ3n) is 10.4. The van der Waals surface area contributed by atoms with Gasteiger partial charge in [0.05, 0.1) is 21.4 Å². The number of benzene rings is 8. The zero-order valence-corrected chi connectivity index (χ0v) is 29.1. The average Bonchev–Trinajstić information content (AvgIpc) is 3.88. The van der Waals surface area contributed by atoms with E-state index in [2.05, 4.69) is 180 Å². The molecule has 0 radical (unpaired) electrons. The number of para-hydroxylation sites is 1. The van der Waals surface area contributed by atoms with Crippen LogP contribution in [0.15, 0.2) is 176 Å². The van der Waals surface area contributed by atoms with E-state index in [4.69, 9.17) is 0 Å². The number of fused-ring (bicyclic) bond motifs is 9. The minimum absolute atomic E-state index is 1.22. The minimum atomic E-state index is 1.22. The summed E-state index contributed by atoms with van der Waals surface area (Å²) in [7, 11) is 0. The lowest BCUT2D eigenvalue weighted by molar-refractivity contribution is 1.20. The molecule has 11 rings (SSSR count). The fraction of sp³-hybridized carbons (Fsp3) is 0. The Bertz CT molecular complexity index is 3130. The molecule has 0 saturated heterocycles. The quantitative estimate of drug-likeness (QED) is 0.174. The number of thiophene rings is 2. The van der Waals surface area contributed by atoms with Gasteiger partial charge in [-0.3, -0.25) is 0 Å². The van der Waals surface area contributed by atoms with Crippen LogP contribution in [-0.2, 0) is 0 Å². The van der Waals surface area contributed by atoms with E-state index in [0.717, 1.165) is 0 Å². The summed E-state index contributed by atoms with van der Waals surface area (Å²) in [4.78, 5) is 0. The van der Waals surface area contributed by atoms with Crippen molar-refractivity contribution < 1.29 is 0 Å². The van der Waals surface area contributed by atoms with Gasteiger partial charge in [0.2, 0.25) is 0 Å².